The van der Waals surface area contributed by atoms with Crippen LogP contribution in [-0.2, 0) is 23.7 Å². The SMILES string of the molecule is CC(=O)O.CCOC(=O)[C@H]1CCCN(CC(O)c2cccc(/C(N)=N/O)c2)C1.C[B]P=O.Cc1nc(-c2ccc(C(O)CN3CCC[C@H](C(=O)O)C3)cc2)no1.[2H]CF. The van der Waals surface area contributed by atoms with Crippen LogP contribution in [0.2, 0.25) is 6.82 Å². The molecule has 3 aromatic rings. The van der Waals surface area contributed by atoms with Gasteiger partial charge in [0.2, 0.25) is 18.7 Å². The predicted octanol–water partition coefficient (Wildman–Crippen LogP) is 4.59. The molecule has 0 aliphatic carbocycles. The van der Waals surface area contributed by atoms with Crippen molar-refractivity contribution in [2.24, 2.45) is 22.7 Å². The number of aryl methyl sites for hydroxylation is 1. The molecule has 2 unspecified atom stereocenters. The zero-order chi connectivity index (χ0) is 44.3. The van der Waals surface area contributed by atoms with E-state index in [0.29, 0.717) is 62.0 Å². The standard InChI is InChI=1S/C17H21N3O4.C17H25N3O4.C2H4O2.CH3BOP.CH3F/c1-11-18-16(19-24-11)13-6-4-12(5-7-13)15(21)10-20-8-2-3-14(9-20)17(22)23;1-2-24-17(22)14-7-4-8-20(10-14)11-15(21)12-5-3-6-13(9-12)16(18)19-23;1-2(3)4;1-2-4-3;1-2/h4-7,14-15,21H,2-3,8-10H2,1H3,(H,22,23);3,5-6,9,14-15,21,23H,2,4,7-8,10-11H2,1H3,(H2,18,19);1H3,(H,3,4);1H3;1H3/t2*14-,15?;;;/m00.../s1/i;;;;1D. The number of ether oxygens (including phenoxy) is 1. The van der Waals surface area contributed by atoms with E-state index < -0.39 is 31.3 Å². The van der Waals surface area contributed by atoms with E-state index in [9.17, 15) is 28.8 Å². The Kier molecular flexibility index (Phi) is 24.3. The number of carboxylic acid groups (broad SMARTS) is 2. The summed E-state index contributed by atoms with van der Waals surface area (Å²) in [7, 11) is -0.877. The lowest BCUT2D eigenvalue weighted by atomic mass is 9.97. The maximum absolute atomic E-state index is 11.9. The largest absolute Gasteiger partial charge is 0.481 e. The van der Waals surface area contributed by atoms with Crippen LogP contribution in [0.5, 0.6) is 0 Å². The number of nitrogens with two attached hydrogens (primary N) is 1. The van der Waals surface area contributed by atoms with Crippen molar-refractivity contribution < 1.29 is 59.6 Å². The first-order chi connectivity index (χ1) is 28.1. The second kappa shape index (κ2) is 28.6. The molecule has 20 heteroatoms. The number of oxime groups is 1. The summed E-state index contributed by atoms with van der Waals surface area (Å²) >= 11 is 0. The highest BCUT2D eigenvalue weighted by molar-refractivity contribution is 7.60. The molecule has 2 saturated heterocycles. The highest BCUT2D eigenvalue weighted by atomic mass is 31.1. The van der Waals surface area contributed by atoms with Gasteiger partial charge < -0.3 is 40.6 Å². The number of rotatable bonds is 12. The lowest BCUT2D eigenvalue weighted by Crippen LogP contribution is -2.41. The van der Waals surface area contributed by atoms with Crippen molar-refractivity contribution in [3.8, 4) is 11.4 Å². The van der Waals surface area contributed by atoms with E-state index >= 15 is 0 Å². The summed E-state index contributed by atoms with van der Waals surface area (Å²) in [6, 6.07) is 14.3. The molecule has 0 amide bonds. The Morgan fingerprint density at radius 1 is 1.05 bits per heavy atom. The molecule has 2 aromatic carbocycles. The number of benzene rings is 2. The number of aromatic nitrogens is 2. The number of hydrogen-bond acceptors (Lipinski definition) is 14. The van der Waals surface area contributed by atoms with E-state index in [-0.39, 0.29) is 32.0 Å². The number of carboxylic acids is 2. The second-order valence-corrected chi connectivity index (χ2v) is 13.8. The van der Waals surface area contributed by atoms with Gasteiger partial charge in [-0.3, -0.25) is 33.1 Å². The monoisotopic (exact) mass is 834 g/mol. The minimum atomic E-state index is -1.00. The molecule has 0 bridgehead atoms. The van der Waals surface area contributed by atoms with Crippen molar-refractivity contribution in [3.05, 3.63) is 71.1 Å². The summed E-state index contributed by atoms with van der Waals surface area (Å²) in [6.07, 6.45) is 1.92. The maximum Gasteiger partial charge on any atom is 0.310 e. The maximum atomic E-state index is 11.9. The molecule has 2 fully saturated rings. The number of carbonyl (C=O) groups excluding carboxylic acids is 1. The van der Waals surface area contributed by atoms with Gasteiger partial charge in [0.1, 0.15) is 0 Å². The van der Waals surface area contributed by atoms with Crippen molar-refractivity contribution >= 4 is 39.1 Å². The Morgan fingerprint density at radius 2 is 1.59 bits per heavy atom. The first-order valence-electron chi connectivity index (χ1n) is 19.2. The molecule has 4 atom stereocenters. The Morgan fingerprint density at radius 3 is 2.07 bits per heavy atom. The summed E-state index contributed by atoms with van der Waals surface area (Å²) in [6.45, 7) is 11.9. The molecule has 0 spiro atoms. The van der Waals surface area contributed by atoms with Crippen molar-refractivity contribution in [3.63, 3.8) is 0 Å². The van der Waals surface area contributed by atoms with Gasteiger partial charge in [-0.2, -0.15) is 4.98 Å². The molecule has 319 valence electrons. The number of aliphatic carboxylic acids is 2. The topological polar surface area (TPSA) is 262 Å². The number of nitrogens with zero attached hydrogens (tertiary/aromatic N) is 5. The zero-order valence-electron chi connectivity index (χ0n) is 34.3. The molecule has 3 heterocycles. The molecule has 1 radical (unpaired) electrons. The number of carbonyl (C=O) groups is 3. The van der Waals surface area contributed by atoms with Crippen molar-refractivity contribution in [2.75, 3.05) is 53.0 Å². The molecule has 2 aliphatic rings. The number of likely N-dealkylation sites (tertiary alicyclic amines) is 2. The smallest absolute Gasteiger partial charge is 0.310 e. The molecule has 58 heavy (non-hydrogen) atoms. The van der Waals surface area contributed by atoms with Gasteiger partial charge in [0, 0.05) is 51.2 Å². The third-order valence-electron chi connectivity index (χ3n) is 8.70. The average molecular weight is 835 g/mol. The van der Waals surface area contributed by atoms with Crippen LogP contribution in [0, 0.1) is 18.8 Å². The van der Waals surface area contributed by atoms with Crippen LogP contribution < -0.4 is 5.73 Å². The molecule has 1 aromatic heterocycles. The van der Waals surface area contributed by atoms with E-state index in [1.54, 1.807) is 51.9 Å². The van der Waals surface area contributed by atoms with Crippen molar-refractivity contribution in [2.45, 2.75) is 65.5 Å². The average Bonchev–Trinajstić information content (AvgIpc) is 3.67. The van der Waals surface area contributed by atoms with Crippen LogP contribution >= 0.6 is 8.34 Å². The lowest BCUT2D eigenvalue weighted by molar-refractivity contribution is -0.150. The van der Waals surface area contributed by atoms with E-state index in [4.69, 9.17) is 36.6 Å². The number of β-amino-alcohol motifs (C(OH)–C–C–N with tert-alkyl or cyclic N) is 2. The fourth-order valence-corrected chi connectivity index (χ4v) is 6.03. The van der Waals surface area contributed by atoms with Crippen LogP contribution in [0.1, 0.15) is 75.7 Å². The quantitative estimate of drug-likeness (QED) is 0.0277. The second-order valence-electron chi connectivity index (χ2n) is 13.1. The molecule has 7 N–H and O–H groups in total. The lowest BCUT2D eigenvalue weighted by Gasteiger charge is -2.32. The van der Waals surface area contributed by atoms with Gasteiger partial charge in [0.15, 0.2) is 5.84 Å². The van der Waals surface area contributed by atoms with E-state index in [0.717, 1.165) is 50.4 Å². The summed E-state index contributed by atoms with van der Waals surface area (Å²) in [5.41, 5.74) is 8.44. The highest BCUT2D eigenvalue weighted by Gasteiger charge is 2.29. The number of halogens is 1. The predicted molar refractivity (Wildman–Crippen MR) is 216 cm³/mol. The normalized spacial score (nSPS) is 18.1. The van der Waals surface area contributed by atoms with Crippen LogP contribution in [-0.4, -0.2) is 129 Å². The third-order valence-corrected chi connectivity index (χ3v) is 8.91. The van der Waals surface area contributed by atoms with Crippen LogP contribution in [0.4, 0.5) is 4.39 Å². The molecule has 5 rings (SSSR count). The molecule has 0 saturated carbocycles. The summed E-state index contributed by atoms with van der Waals surface area (Å²) in [5.74, 6) is -1.19. The summed E-state index contributed by atoms with van der Waals surface area (Å²) in [5, 5.41) is 53.1. The van der Waals surface area contributed by atoms with Crippen LogP contribution in [0.25, 0.3) is 11.4 Å². The number of hydrogen-bond donors (Lipinski definition) is 6. The fourth-order valence-electron chi connectivity index (χ4n) is 6.03. The van der Waals surface area contributed by atoms with Crippen LogP contribution in [0.3, 0.4) is 0 Å². The van der Waals surface area contributed by atoms with Crippen LogP contribution in [0.15, 0.2) is 58.2 Å². The van der Waals surface area contributed by atoms with Gasteiger partial charge in [0.05, 0.1) is 47.5 Å². The zero-order valence-corrected chi connectivity index (χ0v) is 34.2. The van der Waals surface area contributed by atoms with Gasteiger partial charge >= 0.3 is 11.9 Å². The number of piperidine rings is 2. The molecular weight excluding hydrogens is 777 g/mol. The van der Waals surface area contributed by atoms with Gasteiger partial charge in [-0.25, -0.2) is 0 Å². The minimum absolute atomic E-state index is 0.00407. The Balaban J connectivity index is 0.000000473. The van der Waals surface area contributed by atoms with Gasteiger partial charge in [0.25, 0.3) is 5.97 Å². The molecular formula is C38H56BFN6O11P. The first kappa shape index (κ1) is 49.3. The Labute approximate surface area is 341 Å². The number of aliphatic hydroxyl groups is 2. The Bertz CT molecular complexity index is 1720. The van der Waals surface area contributed by atoms with Gasteiger partial charge in [-0.15, -0.1) is 0 Å². The van der Waals surface area contributed by atoms with E-state index in [1.807, 2.05) is 29.2 Å². The Hall–Kier alpha value is -4.81. The minimum Gasteiger partial charge on any atom is -0.481 e. The molecule has 2 aliphatic heterocycles. The highest BCUT2D eigenvalue weighted by Crippen LogP contribution is 2.24. The van der Waals surface area contributed by atoms with E-state index in [1.165, 1.54) is 0 Å². The van der Waals surface area contributed by atoms with E-state index in [2.05, 4.69) is 20.2 Å². The van der Waals surface area contributed by atoms with Crippen molar-refractivity contribution in [1.29, 1.82) is 0 Å². The molecule has 17 nitrogen and oxygen atoms in total. The number of amidine groups is 1. The fraction of sp³-hybridized carbons (Fsp3) is 0.526. The van der Waals surface area contributed by atoms with Gasteiger partial charge in [-0.05, 0) is 62.9 Å². The summed E-state index contributed by atoms with van der Waals surface area (Å²) in [4.78, 5) is 40.3. The summed E-state index contributed by atoms with van der Waals surface area (Å²) < 4.78 is 34.8. The number of esters is 1. The van der Waals surface area contributed by atoms with Gasteiger partial charge in [-0.1, -0.05) is 59.6 Å². The number of alkyl halides is 1. The first-order valence-corrected chi connectivity index (χ1v) is 19.4. The number of aliphatic hydroxyl groups excluding tert-OH is 2. The van der Waals surface area contributed by atoms with Crippen molar-refractivity contribution in [1.82, 2.24) is 19.9 Å². The third kappa shape index (κ3) is 19.1.